The zero-order chi connectivity index (χ0) is 19.7. The summed E-state index contributed by atoms with van der Waals surface area (Å²) in [5, 5.41) is 4.84. The van der Waals surface area contributed by atoms with Crippen LogP contribution in [0.3, 0.4) is 0 Å². The fourth-order valence-electron chi connectivity index (χ4n) is 4.84. The number of rotatable bonds is 1. The van der Waals surface area contributed by atoms with Crippen LogP contribution in [-0.4, -0.2) is 18.9 Å². The minimum Gasteiger partial charge on any atom is -0.309 e. The third-order valence-corrected chi connectivity index (χ3v) is 6.02. The number of hydrogen-bond acceptors (Lipinski definition) is 2. The van der Waals surface area contributed by atoms with Crippen molar-refractivity contribution >= 4 is 49.3 Å². The van der Waals surface area contributed by atoms with Crippen LogP contribution in [0.2, 0.25) is 0 Å². The molecule has 0 spiro atoms. The first-order chi connectivity index (χ1) is 14.9. The summed E-state index contributed by atoms with van der Waals surface area (Å²) < 4.78 is 4.50. The Labute approximate surface area is 171 Å². The lowest BCUT2D eigenvalue weighted by atomic mass is 10.0. The lowest BCUT2D eigenvalue weighted by Gasteiger charge is -2.10. The highest BCUT2D eigenvalue weighted by molar-refractivity contribution is 6.28. The van der Waals surface area contributed by atoms with Gasteiger partial charge in [0.25, 0.3) is 0 Å². The molecular weight excluding hydrogens is 368 g/mol. The SMILES string of the molecule is c1ccc(-n2c3ccccc3c3c4c5cccnc5c5nccn5c4ccc32)cc1. The molecule has 3 aromatic carbocycles. The van der Waals surface area contributed by atoms with E-state index < -0.39 is 0 Å². The monoisotopic (exact) mass is 384 g/mol. The standard InChI is InChI=1S/C26H16N4/c1-2-7-17(8-3-1)30-20-11-5-4-9-18(20)23-22(30)13-12-21-24(23)19-10-6-14-27-25(19)26-28-15-16-29(21)26/h1-16H. The van der Waals surface area contributed by atoms with Gasteiger partial charge in [0.2, 0.25) is 0 Å². The molecule has 7 aromatic rings. The number of pyridine rings is 2. The van der Waals surface area contributed by atoms with Crippen LogP contribution in [0.15, 0.2) is 97.5 Å². The molecular formula is C26H16N4. The molecule has 140 valence electrons. The highest BCUT2D eigenvalue weighted by Crippen LogP contribution is 2.40. The number of para-hydroxylation sites is 2. The summed E-state index contributed by atoms with van der Waals surface area (Å²) in [5.74, 6) is 0. The van der Waals surface area contributed by atoms with Crippen LogP contribution in [0.25, 0.3) is 54.9 Å². The summed E-state index contributed by atoms with van der Waals surface area (Å²) in [6, 6.07) is 27.8. The smallest absolute Gasteiger partial charge is 0.163 e. The summed E-state index contributed by atoms with van der Waals surface area (Å²) >= 11 is 0. The van der Waals surface area contributed by atoms with Gasteiger partial charge in [0, 0.05) is 45.8 Å². The topological polar surface area (TPSA) is 35.1 Å². The molecule has 0 fully saturated rings. The molecule has 4 nitrogen and oxygen atoms in total. The van der Waals surface area contributed by atoms with E-state index in [1.807, 2.05) is 24.7 Å². The molecule has 0 saturated heterocycles. The number of imidazole rings is 1. The van der Waals surface area contributed by atoms with Crippen molar-refractivity contribution in [3.05, 3.63) is 97.5 Å². The quantitative estimate of drug-likeness (QED) is 0.319. The summed E-state index contributed by atoms with van der Waals surface area (Å²) in [4.78, 5) is 9.28. The highest BCUT2D eigenvalue weighted by atomic mass is 15.0. The minimum atomic E-state index is 0.893. The molecule has 0 radical (unpaired) electrons. The molecule has 0 atom stereocenters. The van der Waals surface area contributed by atoms with E-state index in [4.69, 9.17) is 4.98 Å². The van der Waals surface area contributed by atoms with Crippen molar-refractivity contribution in [1.29, 1.82) is 0 Å². The van der Waals surface area contributed by atoms with Crippen molar-refractivity contribution in [2.45, 2.75) is 0 Å². The van der Waals surface area contributed by atoms with Crippen LogP contribution in [0.5, 0.6) is 0 Å². The predicted molar refractivity (Wildman–Crippen MR) is 122 cm³/mol. The van der Waals surface area contributed by atoms with Crippen molar-refractivity contribution in [1.82, 2.24) is 18.9 Å². The Kier molecular flexibility index (Phi) is 2.97. The normalized spacial score (nSPS) is 12.0. The van der Waals surface area contributed by atoms with Crippen LogP contribution in [-0.2, 0) is 0 Å². The lowest BCUT2D eigenvalue weighted by Crippen LogP contribution is -1.95. The number of hydrogen-bond donors (Lipinski definition) is 0. The largest absolute Gasteiger partial charge is 0.309 e. The van der Waals surface area contributed by atoms with Gasteiger partial charge in [0.1, 0.15) is 5.52 Å². The average molecular weight is 384 g/mol. The zero-order valence-electron chi connectivity index (χ0n) is 16.0. The molecule has 0 bridgehead atoms. The fourth-order valence-corrected chi connectivity index (χ4v) is 4.84. The van der Waals surface area contributed by atoms with Gasteiger partial charge in [0.05, 0.1) is 16.6 Å². The Morgan fingerprint density at radius 2 is 1.33 bits per heavy atom. The molecule has 0 N–H and O–H groups in total. The second kappa shape index (κ2) is 5.67. The molecule has 0 amide bonds. The highest BCUT2D eigenvalue weighted by Gasteiger charge is 2.18. The Morgan fingerprint density at radius 3 is 2.27 bits per heavy atom. The molecule has 0 unspecified atom stereocenters. The van der Waals surface area contributed by atoms with E-state index in [-0.39, 0.29) is 0 Å². The van der Waals surface area contributed by atoms with Gasteiger partial charge in [-0.3, -0.25) is 9.38 Å². The predicted octanol–water partition coefficient (Wildman–Crippen LogP) is 6.13. The van der Waals surface area contributed by atoms with Gasteiger partial charge in [-0.25, -0.2) is 4.98 Å². The second-order valence-corrected chi connectivity index (χ2v) is 7.56. The van der Waals surface area contributed by atoms with E-state index in [0.29, 0.717) is 0 Å². The molecule has 0 saturated carbocycles. The van der Waals surface area contributed by atoms with Gasteiger partial charge in [0.15, 0.2) is 5.65 Å². The van der Waals surface area contributed by atoms with E-state index in [2.05, 4.69) is 86.7 Å². The Bertz CT molecular complexity index is 1740. The average Bonchev–Trinajstić information content (AvgIpc) is 3.43. The van der Waals surface area contributed by atoms with Gasteiger partial charge in [-0.2, -0.15) is 0 Å². The number of nitrogens with zero attached hydrogens (tertiary/aromatic N) is 4. The van der Waals surface area contributed by atoms with Crippen molar-refractivity contribution < 1.29 is 0 Å². The van der Waals surface area contributed by atoms with Crippen LogP contribution in [0.4, 0.5) is 0 Å². The Hall–Kier alpha value is -4.18. The first-order valence-electron chi connectivity index (χ1n) is 10.0. The number of fused-ring (bicyclic) bond motifs is 10. The van der Waals surface area contributed by atoms with Crippen molar-refractivity contribution in [3.8, 4) is 5.69 Å². The maximum Gasteiger partial charge on any atom is 0.163 e. The van der Waals surface area contributed by atoms with Gasteiger partial charge in [-0.15, -0.1) is 0 Å². The van der Waals surface area contributed by atoms with Gasteiger partial charge in [-0.05, 0) is 36.4 Å². The second-order valence-electron chi connectivity index (χ2n) is 7.56. The Morgan fingerprint density at radius 1 is 0.567 bits per heavy atom. The van der Waals surface area contributed by atoms with E-state index in [1.54, 1.807) is 0 Å². The third kappa shape index (κ3) is 1.90. The molecule has 0 aliphatic rings. The summed E-state index contributed by atoms with van der Waals surface area (Å²) in [7, 11) is 0. The molecule has 4 aromatic heterocycles. The molecule has 0 aliphatic heterocycles. The van der Waals surface area contributed by atoms with Crippen LogP contribution < -0.4 is 0 Å². The summed E-state index contributed by atoms with van der Waals surface area (Å²) in [5.41, 5.74) is 6.53. The van der Waals surface area contributed by atoms with Crippen LogP contribution in [0, 0.1) is 0 Å². The molecule has 0 aliphatic carbocycles. The fraction of sp³-hybridized carbons (Fsp3) is 0. The Balaban J connectivity index is 1.83. The molecule has 7 rings (SSSR count). The molecule has 30 heavy (non-hydrogen) atoms. The lowest BCUT2D eigenvalue weighted by molar-refractivity contribution is 1.18. The van der Waals surface area contributed by atoms with E-state index in [1.165, 1.54) is 27.2 Å². The van der Waals surface area contributed by atoms with Gasteiger partial charge >= 0.3 is 0 Å². The summed E-state index contributed by atoms with van der Waals surface area (Å²) in [6.45, 7) is 0. The maximum absolute atomic E-state index is 4.69. The first kappa shape index (κ1) is 15.7. The zero-order valence-corrected chi connectivity index (χ0v) is 16.0. The van der Waals surface area contributed by atoms with Crippen molar-refractivity contribution in [2.75, 3.05) is 0 Å². The van der Waals surface area contributed by atoms with Gasteiger partial charge in [-0.1, -0.05) is 42.5 Å². The van der Waals surface area contributed by atoms with Crippen molar-refractivity contribution in [3.63, 3.8) is 0 Å². The van der Waals surface area contributed by atoms with Crippen LogP contribution >= 0.6 is 0 Å². The first-order valence-corrected chi connectivity index (χ1v) is 10.0. The minimum absolute atomic E-state index is 0.893. The van der Waals surface area contributed by atoms with E-state index in [9.17, 15) is 0 Å². The van der Waals surface area contributed by atoms with E-state index >= 15 is 0 Å². The maximum atomic E-state index is 4.69. The molecule has 4 heterocycles. The number of aromatic nitrogens is 4. The number of benzene rings is 3. The van der Waals surface area contributed by atoms with Crippen molar-refractivity contribution in [2.24, 2.45) is 0 Å². The van der Waals surface area contributed by atoms with Gasteiger partial charge < -0.3 is 4.57 Å². The molecule has 4 heteroatoms. The summed E-state index contributed by atoms with van der Waals surface area (Å²) in [6.07, 6.45) is 5.71. The third-order valence-electron chi connectivity index (χ3n) is 6.02. The van der Waals surface area contributed by atoms with Crippen LogP contribution in [0.1, 0.15) is 0 Å². The van der Waals surface area contributed by atoms with E-state index in [0.717, 1.165) is 27.8 Å².